The van der Waals surface area contributed by atoms with Crippen molar-refractivity contribution in [2.75, 3.05) is 13.2 Å². The van der Waals surface area contributed by atoms with E-state index < -0.39 is 6.29 Å². The number of hydrogen-bond acceptors (Lipinski definition) is 5. The number of ether oxygens (including phenoxy) is 3. The number of amides is 1. The smallest absolute Gasteiger partial charge is 0.302 e. The van der Waals surface area contributed by atoms with E-state index in [1.54, 1.807) is 0 Å². The van der Waals surface area contributed by atoms with Crippen LogP contribution in [0.25, 0.3) is 0 Å². The van der Waals surface area contributed by atoms with Gasteiger partial charge in [0.25, 0.3) is 0 Å². The second-order valence-corrected chi connectivity index (χ2v) is 7.99. The van der Waals surface area contributed by atoms with Gasteiger partial charge in [-0.1, -0.05) is 37.1 Å². The highest BCUT2D eigenvalue weighted by molar-refractivity contribution is 5.73. The first-order valence-electron chi connectivity index (χ1n) is 10.1. The molecule has 1 aliphatic rings. The Hall–Kier alpha value is -1.66. The van der Waals surface area contributed by atoms with Gasteiger partial charge in [-0.15, -0.1) is 0 Å². The van der Waals surface area contributed by atoms with Crippen molar-refractivity contribution in [2.24, 2.45) is 11.8 Å². The minimum atomic E-state index is -0.586. The van der Waals surface area contributed by atoms with Crippen LogP contribution in [0.2, 0.25) is 0 Å². The van der Waals surface area contributed by atoms with Crippen LogP contribution in [0.1, 0.15) is 61.3 Å². The zero-order valence-electron chi connectivity index (χ0n) is 18.4. The van der Waals surface area contributed by atoms with Crippen molar-refractivity contribution >= 4 is 11.9 Å². The summed E-state index contributed by atoms with van der Waals surface area (Å²) in [5.74, 6) is -0.226. The summed E-state index contributed by atoms with van der Waals surface area (Å²) in [6, 6.07) is -0.250. The molecule has 6 nitrogen and oxygen atoms in total. The number of allylic oxidation sites excluding steroid dienone is 3. The van der Waals surface area contributed by atoms with E-state index in [4.69, 9.17) is 14.2 Å². The first-order valence-corrected chi connectivity index (χ1v) is 10.1. The van der Waals surface area contributed by atoms with Crippen LogP contribution < -0.4 is 5.32 Å². The van der Waals surface area contributed by atoms with Gasteiger partial charge in [-0.2, -0.15) is 0 Å². The number of carbonyl (C=O) groups excluding carboxylic acids is 2. The lowest BCUT2D eigenvalue weighted by Gasteiger charge is -2.44. The summed E-state index contributed by atoms with van der Waals surface area (Å²) in [4.78, 5) is 22.8. The van der Waals surface area contributed by atoms with Crippen molar-refractivity contribution in [3.8, 4) is 0 Å². The molecule has 0 aromatic heterocycles. The fourth-order valence-electron chi connectivity index (χ4n) is 3.24. The van der Waals surface area contributed by atoms with Crippen LogP contribution in [0.5, 0.6) is 0 Å². The lowest BCUT2D eigenvalue weighted by Crippen LogP contribution is -2.58. The van der Waals surface area contributed by atoms with Crippen LogP contribution in [0.4, 0.5) is 0 Å². The third-order valence-corrected chi connectivity index (χ3v) is 5.19. The maximum Gasteiger partial charge on any atom is 0.302 e. The Morgan fingerprint density at radius 3 is 2.29 bits per heavy atom. The maximum absolute atomic E-state index is 11.7. The van der Waals surface area contributed by atoms with Gasteiger partial charge in [-0.05, 0) is 45.4 Å². The highest BCUT2D eigenvalue weighted by Gasteiger charge is 2.42. The zero-order valence-corrected chi connectivity index (χ0v) is 18.4. The molecule has 1 N–H and O–H groups in total. The maximum atomic E-state index is 11.7. The Balaban J connectivity index is 2.74. The monoisotopic (exact) mass is 395 g/mol. The predicted octanol–water partition coefficient (Wildman–Crippen LogP) is 3.76. The quantitative estimate of drug-likeness (QED) is 0.475. The molecule has 2 unspecified atom stereocenters. The molecule has 28 heavy (non-hydrogen) atoms. The predicted molar refractivity (Wildman–Crippen MR) is 110 cm³/mol. The van der Waals surface area contributed by atoms with Gasteiger partial charge in [0.15, 0.2) is 6.29 Å². The molecular formula is C22H37NO5. The van der Waals surface area contributed by atoms with Crippen LogP contribution in [0.3, 0.4) is 0 Å². The third-order valence-electron chi connectivity index (χ3n) is 5.19. The summed E-state index contributed by atoms with van der Waals surface area (Å²) in [6.45, 7) is 13.8. The molecule has 0 saturated carbocycles. The molecular weight excluding hydrogens is 358 g/mol. The van der Waals surface area contributed by atoms with E-state index in [-0.39, 0.29) is 42.5 Å². The van der Waals surface area contributed by atoms with Gasteiger partial charge in [-0.3, -0.25) is 9.59 Å². The zero-order chi connectivity index (χ0) is 21.3. The molecule has 160 valence electrons. The molecule has 0 bridgehead atoms. The number of hydrogen-bond donors (Lipinski definition) is 1. The average molecular weight is 396 g/mol. The van der Waals surface area contributed by atoms with Gasteiger partial charge in [0, 0.05) is 13.8 Å². The van der Waals surface area contributed by atoms with Gasteiger partial charge in [-0.25, -0.2) is 0 Å². The van der Waals surface area contributed by atoms with Crippen molar-refractivity contribution in [3.63, 3.8) is 0 Å². The Morgan fingerprint density at radius 1 is 1.04 bits per heavy atom. The molecule has 1 fully saturated rings. The van der Waals surface area contributed by atoms with Crippen LogP contribution in [-0.4, -0.2) is 43.5 Å². The van der Waals surface area contributed by atoms with Crippen LogP contribution in [0.15, 0.2) is 23.3 Å². The molecule has 6 heteroatoms. The van der Waals surface area contributed by atoms with Gasteiger partial charge in [0.1, 0.15) is 6.61 Å². The Kier molecular flexibility index (Phi) is 10.5. The van der Waals surface area contributed by atoms with Crippen molar-refractivity contribution in [1.82, 2.24) is 5.32 Å². The molecule has 5 atom stereocenters. The Bertz CT molecular complexity index is 577. The van der Waals surface area contributed by atoms with Gasteiger partial charge >= 0.3 is 5.97 Å². The van der Waals surface area contributed by atoms with Crippen molar-refractivity contribution in [2.45, 2.75) is 79.7 Å². The molecule has 1 aliphatic heterocycles. The van der Waals surface area contributed by atoms with E-state index in [0.717, 1.165) is 12.8 Å². The molecule has 0 spiro atoms. The number of nitrogens with one attached hydrogen (secondary N) is 1. The second-order valence-electron chi connectivity index (χ2n) is 7.99. The van der Waals surface area contributed by atoms with E-state index in [0.29, 0.717) is 6.61 Å². The normalized spacial score (nSPS) is 27.8. The summed E-state index contributed by atoms with van der Waals surface area (Å²) in [7, 11) is 0. The number of carbonyl (C=O) groups is 2. The molecule has 0 radical (unpaired) electrons. The van der Waals surface area contributed by atoms with Crippen LogP contribution in [0, 0.1) is 11.8 Å². The van der Waals surface area contributed by atoms with E-state index in [9.17, 15) is 9.59 Å². The average Bonchev–Trinajstić information content (AvgIpc) is 2.59. The lowest BCUT2D eigenvalue weighted by molar-refractivity contribution is -0.240. The second kappa shape index (κ2) is 12.0. The Labute approximate surface area is 169 Å². The van der Waals surface area contributed by atoms with Crippen molar-refractivity contribution in [3.05, 3.63) is 23.3 Å². The summed E-state index contributed by atoms with van der Waals surface area (Å²) in [5, 5.41) is 2.96. The van der Waals surface area contributed by atoms with Crippen molar-refractivity contribution < 1.29 is 23.8 Å². The first-order chi connectivity index (χ1) is 13.1. The van der Waals surface area contributed by atoms with E-state index in [1.807, 2.05) is 6.92 Å². The first kappa shape index (κ1) is 24.4. The lowest BCUT2D eigenvalue weighted by atomic mass is 9.82. The van der Waals surface area contributed by atoms with Gasteiger partial charge in [0.05, 0.1) is 18.8 Å². The standard InChI is InChI=1S/C22H37NO5/c1-14(2)9-8-10-15(3)11-12-26-22-21(23-18(6)24)17(5)16(4)20(28-22)13-27-19(7)25/h9,11,16-17,20-22H,8,10,12-13H2,1-7H3,(H,23,24)/b15-11+/t16-,17+,20?,21?,22-/m1/s1. The molecule has 0 aliphatic carbocycles. The summed E-state index contributed by atoms with van der Waals surface area (Å²) in [5.41, 5.74) is 2.57. The minimum absolute atomic E-state index is 0.109. The molecule has 1 heterocycles. The molecule has 1 amide bonds. The third kappa shape index (κ3) is 8.57. The van der Waals surface area contributed by atoms with Crippen LogP contribution >= 0.6 is 0 Å². The van der Waals surface area contributed by atoms with E-state index in [1.165, 1.54) is 25.0 Å². The highest BCUT2D eigenvalue weighted by atomic mass is 16.7. The summed E-state index contributed by atoms with van der Waals surface area (Å²) >= 11 is 0. The summed E-state index contributed by atoms with van der Waals surface area (Å²) in [6.07, 6.45) is 5.42. The minimum Gasteiger partial charge on any atom is -0.463 e. The SMILES string of the molecule is CC(=O)NC1[C@H](OC/C=C(\C)CCC=C(C)C)OC(COC(C)=O)[C@H](C)[C@@H]1C. The van der Waals surface area contributed by atoms with Gasteiger partial charge < -0.3 is 19.5 Å². The van der Waals surface area contributed by atoms with Crippen LogP contribution in [-0.2, 0) is 23.8 Å². The van der Waals surface area contributed by atoms with Crippen molar-refractivity contribution in [1.29, 1.82) is 0 Å². The number of esters is 1. The Morgan fingerprint density at radius 2 is 1.71 bits per heavy atom. The van der Waals surface area contributed by atoms with E-state index in [2.05, 4.69) is 45.2 Å². The molecule has 1 saturated heterocycles. The van der Waals surface area contributed by atoms with Gasteiger partial charge in [0.2, 0.25) is 5.91 Å². The molecule has 1 rings (SSSR count). The molecule has 0 aromatic rings. The fraction of sp³-hybridized carbons (Fsp3) is 0.727. The highest BCUT2D eigenvalue weighted by Crippen LogP contribution is 2.31. The fourth-order valence-corrected chi connectivity index (χ4v) is 3.24. The topological polar surface area (TPSA) is 73.9 Å². The summed E-state index contributed by atoms with van der Waals surface area (Å²) < 4.78 is 17.2. The molecule has 0 aromatic carbocycles. The van der Waals surface area contributed by atoms with E-state index >= 15 is 0 Å². The largest absolute Gasteiger partial charge is 0.463 e. The number of rotatable bonds is 9.